The molecule has 0 spiro atoms. The third-order valence-electron chi connectivity index (χ3n) is 3.44. The molecule has 0 atom stereocenters. The third-order valence-corrected chi connectivity index (χ3v) is 4.06. The van der Waals surface area contributed by atoms with Crippen LogP contribution < -0.4 is 4.74 Å². The first-order valence-electron chi connectivity index (χ1n) is 6.56. The summed E-state index contributed by atoms with van der Waals surface area (Å²) in [5, 5.41) is 8.90. The fourth-order valence-electron chi connectivity index (χ4n) is 2.20. The van der Waals surface area contributed by atoms with Gasteiger partial charge in [0.1, 0.15) is 11.6 Å². The molecule has 0 unspecified atom stereocenters. The quantitative estimate of drug-likeness (QED) is 0.895. The lowest BCUT2D eigenvalue weighted by Gasteiger charge is -2.30. The van der Waals surface area contributed by atoms with Gasteiger partial charge in [-0.3, -0.25) is 9.59 Å². The van der Waals surface area contributed by atoms with Crippen molar-refractivity contribution in [2.24, 2.45) is 5.92 Å². The van der Waals surface area contributed by atoms with E-state index in [1.54, 1.807) is 4.90 Å². The van der Waals surface area contributed by atoms with Gasteiger partial charge in [-0.15, -0.1) is 0 Å². The maximum atomic E-state index is 12.9. The summed E-state index contributed by atoms with van der Waals surface area (Å²) in [7, 11) is 0. The summed E-state index contributed by atoms with van der Waals surface area (Å²) in [4.78, 5) is 24.4. The minimum absolute atomic E-state index is 0.151. The summed E-state index contributed by atoms with van der Waals surface area (Å²) in [5.74, 6) is -1.38. The second-order valence-corrected chi connectivity index (χ2v) is 5.71. The van der Waals surface area contributed by atoms with Crippen LogP contribution in [-0.2, 0) is 9.59 Å². The first-order valence-corrected chi connectivity index (χ1v) is 7.35. The summed E-state index contributed by atoms with van der Waals surface area (Å²) in [6, 6.07) is 3.96. The number of rotatable bonds is 4. The van der Waals surface area contributed by atoms with Gasteiger partial charge in [0.15, 0.2) is 6.61 Å². The molecular formula is C14H15BrFNO4. The Bertz CT molecular complexity index is 544. The van der Waals surface area contributed by atoms with Crippen LogP contribution in [0.4, 0.5) is 4.39 Å². The van der Waals surface area contributed by atoms with Gasteiger partial charge in [0.2, 0.25) is 0 Å². The lowest BCUT2D eigenvalue weighted by molar-refractivity contribution is -0.146. The van der Waals surface area contributed by atoms with E-state index in [0.717, 1.165) is 0 Å². The molecule has 0 aromatic heterocycles. The average Bonchev–Trinajstić information content (AvgIpc) is 2.46. The van der Waals surface area contributed by atoms with Crippen LogP contribution in [0.3, 0.4) is 0 Å². The number of likely N-dealkylation sites (tertiary alicyclic amines) is 1. The number of carboxylic acid groups (broad SMARTS) is 1. The zero-order valence-corrected chi connectivity index (χ0v) is 12.8. The van der Waals surface area contributed by atoms with E-state index in [1.807, 2.05) is 0 Å². The van der Waals surface area contributed by atoms with Gasteiger partial charge in [-0.2, -0.15) is 0 Å². The van der Waals surface area contributed by atoms with Crippen molar-refractivity contribution in [1.29, 1.82) is 0 Å². The second kappa shape index (κ2) is 6.89. The Hall–Kier alpha value is -1.63. The predicted molar refractivity (Wildman–Crippen MR) is 76.5 cm³/mol. The van der Waals surface area contributed by atoms with Crippen LogP contribution in [0.15, 0.2) is 22.7 Å². The minimum atomic E-state index is -0.811. The van der Waals surface area contributed by atoms with Crippen LogP contribution >= 0.6 is 15.9 Å². The molecule has 2 rings (SSSR count). The van der Waals surface area contributed by atoms with E-state index in [2.05, 4.69) is 15.9 Å². The molecule has 0 saturated carbocycles. The van der Waals surface area contributed by atoms with Gasteiger partial charge in [0, 0.05) is 13.1 Å². The average molecular weight is 360 g/mol. The van der Waals surface area contributed by atoms with Crippen molar-refractivity contribution in [2.45, 2.75) is 12.8 Å². The molecular weight excluding hydrogens is 345 g/mol. The highest BCUT2D eigenvalue weighted by Gasteiger charge is 2.27. The van der Waals surface area contributed by atoms with Gasteiger partial charge < -0.3 is 14.7 Å². The predicted octanol–water partition coefficient (Wildman–Crippen LogP) is 2.29. The van der Waals surface area contributed by atoms with Crippen molar-refractivity contribution in [2.75, 3.05) is 19.7 Å². The van der Waals surface area contributed by atoms with Crippen LogP contribution in [0.1, 0.15) is 12.8 Å². The fourth-order valence-corrected chi connectivity index (χ4v) is 2.66. The maximum Gasteiger partial charge on any atom is 0.306 e. The molecule has 0 aliphatic carbocycles. The maximum absolute atomic E-state index is 12.9. The van der Waals surface area contributed by atoms with Crippen molar-refractivity contribution in [3.63, 3.8) is 0 Å². The topological polar surface area (TPSA) is 66.8 Å². The SMILES string of the molecule is O=C(O)C1CCN(C(=O)COc2ccc(F)cc2Br)CC1. The number of hydrogen-bond acceptors (Lipinski definition) is 3. The lowest BCUT2D eigenvalue weighted by Crippen LogP contribution is -2.42. The molecule has 7 heteroatoms. The van der Waals surface area contributed by atoms with Crippen LogP contribution in [0, 0.1) is 11.7 Å². The molecule has 1 fully saturated rings. The summed E-state index contributed by atoms with van der Waals surface area (Å²) < 4.78 is 18.7. The van der Waals surface area contributed by atoms with Gasteiger partial charge >= 0.3 is 5.97 Å². The van der Waals surface area contributed by atoms with Crippen LogP contribution in [0.2, 0.25) is 0 Å². The number of ether oxygens (including phenoxy) is 1. The van der Waals surface area contributed by atoms with E-state index in [9.17, 15) is 14.0 Å². The van der Waals surface area contributed by atoms with E-state index in [4.69, 9.17) is 9.84 Å². The molecule has 1 aromatic carbocycles. The molecule has 1 aliphatic rings. The van der Waals surface area contributed by atoms with E-state index < -0.39 is 11.8 Å². The summed E-state index contributed by atoms with van der Waals surface area (Å²) >= 11 is 3.16. The number of carboxylic acids is 1. The van der Waals surface area contributed by atoms with E-state index in [1.165, 1.54) is 18.2 Å². The molecule has 1 amide bonds. The molecule has 0 radical (unpaired) electrons. The number of carbonyl (C=O) groups excluding carboxylic acids is 1. The lowest BCUT2D eigenvalue weighted by atomic mass is 9.97. The van der Waals surface area contributed by atoms with Crippen molar-refractivity contribution in [3.05, 3.63) is 28.5 Å². The molecule has 1 N–H and O–H groups in total. The molecule has 1 heterocycles. The van der Waals surface area contributed by atoms with Crippen molar-refractivity contribution < 1.29 is 23.8 Å². The molecule has 1 aliphatic heterocycles. The first kappa shape index (κ1) is 15.8. The zero-order chi connectivity index (χ0) is 15.4. The first-order chi connectivity index (χ1) is 9.97. The molecule has 1 saturated heterocycles. The Morgan fingerprint density at radius 1 is 1.38 bits per heavy atom. The number of amides is 1. The third kappa shape index (κ3) is 4.17. The number of benzene rings is 1. The molecule has 114 valence electrons. The molecule has 0 bridgehead atoms. The second-order valence-electron chi connectivity index (χ2n) is 4.86. The molecule has 1 aromatic rings. The van der Waals surface area contributed by atoms with Gasteiger partial charge in [-0.25, -0.2) is 4.39 Å². The van der Waals surface area contributed by atoms with Gasteiger partial charge in [0.25, 0.3) is 5.91 Å². The Kier molecular flexibility index (Phi) is 5.17. The Labute approximate surface area is 129 Å². The normalized spacial score (nSPS) is 15.8. The van der Waals surface area contributed by atoms with Gasteiger partial charge in [-0.05, 0) is 47.0 Å². The van der Waals surface area contributed by atoms with Crippen molar-refractivity contribution in [1.82, 2.24) is 4.90 Å². The van der Waals surface area contributed by atoms with Crippen molar-refractivity contribution in [3.8, 4) is 5.75 Å². The zero-order valence-electron chi connectivity index (χ0n) is 11.2. The molecule has 5 nitrogen and oxygen atoms in total. The summed E-state index contributed by atoms with van der Waals surface area (Å²) in [6.45, 7) is 0.690. The summed E-state index contributed by atoms with van der Waals surface area (Å²) in [6.07, 6.45) is 0.919. The van der Waals surface area contributed by atoms with Crippen LogP contribution in [0.25, 0.3) is 0 Å². The monoisotopic (exact) mass is 359 g/mol. The minimum Gasteiger partial charge on any atom is -0.483 e. The Balaban J connectivity index is 1.84. The number of halogens is 2. The van der Waals surface area contributed by atoms with Gasteiger partial charge in [-0.1, -0.05) is 0 Å². The van der Waals surface area contributed by atoms with Crippen molar-refractivity contribution >= 4 is 27.8 Å². The van der Waals surface area contributed by atoms with Gasteiger partial charge in [0.05, 0.1) is 10.4 Å². The standard InChI is InChI=1S/C14H15BrFNO4/c15-11-7-10(16)1-2-12(11)21-8-13(18)17-5-3-9(4-6-17)14(19)20/h1-2,7,9H,3-6,8H2,(H,19,20). The highest BCUT2D eigenvalue weighted by atomic mass is 79.9. The number of aliphatic carboxylic acids is 1. The van der Waals surface area contributed by atoms with E-state index in [-0.39, 0.29) is 18.4 Å². The number of carbonyl (C=O) groups is 2. The van der Waals surface area contributed by atoms with Crippen LogP contribution in [-0.4, -0.2) is 41.6 Å². The highest BCUT2D eigenvalue weighted by molar-refractivity contribution is 9.10. The Morgan fingerprint density at radius 3 is 2.62 bits per heavy atom. The number of piperidine rings is 1. The highest BCUT2D eigenvalue weighted by Crippen LogP contribution is 2.25. The number of hydrogen-bond donors (Lipinski definition) is 1. The summed E-state index contributed by atoms with van der Waals surface area (Å²) in [5.41, 5.74) is 0. The smallest absolute Gasteiger partial charge is 0.306 e. The number of nitrogens with zero attached hydrogens (tertiary/aromatic N) is 1. The van der Waals surface area contributed by atoms with Crippen LogP contribution in [0.5, 0.6) is 5.75 Å². The largest absolute Gasteiger partial charge is 0.483 e. The Morgan fingerprint density at radius 2 is 2.05 bits per heavy atom. The van der Waals surface area contributed by atoms with E-state index in [0.29, 0.717) is 36.2 Å². The molecule has 21 heavy (non-hydrogen) atoms. The van der Waals surface area contributed by atoms with E-state index >= 15 is 0 Å². The fraction of sp³-hybridized carbons (Fsp3) is 0.429.